The second kappa shape index (κ2) is 5.91. The number of carbonyl (C=O) groups is 2. The van der Waals surface area contributed by atoms with Gasteiger partial charge in [-0.1, -0.05) is 0 Å². The van der Waals surface area contributed by atoms with Gasteiger partial charge in [-0.25, -0.2) is 14.3 Å². The summed E-state index contributed by atoms with van der Waals surface area (Å²) in [5, 5.41) is 10.7. The molecule has 1 aromatic carbocycles. The summed E-state index contributed by atoms with van der Waals surface area (Å²) in [6, 6.07) is 6.44. The molecule has 0 aliphatic rings. The lowest BCUT2D eigenvalue weighted by Crippen LogP contribution is -2.25. The Labute approximate surface area is 114 Å². The molecule has 2 aromatic rings. The summed E-state index contributed by atoms with van der Waals surface area (Å²) in [7, 11) is 1.23. The van der Waals surface area contributed by atoms with Crippen molar-refractivity contribution in [3.05, 3.63) is 36.2 Å². The van der Waals surface area contributed by atoms with Crippen molar-refractivity contribution in [2.45, 2.75) is 13.0 Å². The van der Waals surface area contributed by atoms with Gasteiger partial charge in [0.15, 0.2) is 6.10 Å². The Hall–Kier alpha value is -2.77. The van der Waals surface area contributed by atoms with Gasteiger partial charge in [0.25, 0.3) is 0 Å². The minimum absolute atomic E-state index is 0.317. The summed E-state index contributed by atoms with van der Waals surface area (Å²) >= 11 is 0. The molecule has 0 bridgehead atoms. The van der Waals surface area contributed by atoms with Crippen LogP contribution in [0.2, 0.25) is 0 Å². The molecule has 8 nitrogen and oxygen atoms in total. The number of nitrogens with zero attached hydrogens (tertiary/aromatic N) is 4. The van der Waals surface area contributed by atoms with Gasteiger partial charge in [0, 0.05) is 0 Å². The number of esters is 2. The average Bonchev–Trinajstić information content (AvgIpc) is 3.00. The largest absolute Gasteiger partial charge is 0.466 e. The Kier molecular flexibility index (Phi) is 4.04. The number of aromatic nitrogens is 4. The minimum Gasteiger partial charge on any atom is -0.466 e. The van der Waals surface area contributed by atoms with Crippen LogP contribution in [-0.4, -0.2) is 45.4 Å². The molecule has 0 radical (unpaired) electrons. The van der Waals surface area contributed by atoms with Crippen molar-refractivity contribution in [2.24, 2.45) is 0 Å². The molecule has 2 rings (SSSR count). The molecule has 0 fully saturated rings. The number of benzene rings is 1. The maximum absolute atomic E-state index is 11.8. The van der Waals surface area contributed by atoms with Crippen molar-refractivity contribution < 1.29 is 19.1 Å². The molecule has 104 valence electrons. The molecule has 0 unspecified atom stereocenters. The van der Waals surface area contributed by atoms with Crippen LogP contribution in [0.1, 0.15) is 17.3 Å². The fourth-order valence-electron chi connectivity index (χ4n) is 1.47. The van der Waals surface area contributed by atoms with Gasteiger partial charge in [0.2, 0.25) is 0 Å². The Morgan fingerprint density at radius 3 is 2.50 bits per heavy atom. The number of carbonyl (C=O) groups excluding carboxylic acids is 2. The molecule has 0 aliphatic heterocycles. The lowest BCUT2D eigenvalue weighted by atomic mass is 10.2. The van der Waals surface area contributed by atoms with E-state index in [1.54, 1.807) is 24.3 Å². The van der Waals surface area contributed by atoms with Gasteiger partial charge >= 0.3 is 11.9 Å². The van der Waals surface area contributed by atoms with E-state index in [-0.39, 0.29) is 0 Å². The maximum atomic E-state index is 11.8. The molecule has 0 amide bonds. The number of hydrogen-bond donors (Lipinski definition) is 0. The summed E-state index contributed by atoms with van der Waals surface area (Å²) in [6.07, 6.45) is 0.485. The van der Waals surface area contributed by atoms with Gasteiger partial charge in [0.05, 0.1) is 18.4 Å². The normalized spacial score (nSPS) is 11.7. The van der Waals surface area contributed by atoms with Crippen LogP contribution in [0.4, 0.5) is 0 Å². The lowest BCUT2D eigenvalue weighted by Gasteiger charge is -2.10. The van der Waals surface area contributed by atoms with E-state index < -0.39 is 18.0 Å². The quantitative estimate of drug-likeness (QED) is 0.745. The summed E-state index contributed by atoms with van der Waals surface area (Å²) in [4.78, 5) is 23.0. The standard InChI is InChI=1S/C12H12N4O4/c1-8(11(17)19-2)20-12(18)9-3-5-10(6-4-9)16-7-13-14-15-16/h3-8H,1-2H3/t8-/m0/s1. The van der Waals surface area contributed by atoms with Crippen molar-refractivity contribution >= 4 is 11.9 Å². The van der Waals surface area contributed by atoms with Crippen molar-refractivity contribution in [3.63, 3.8) is 0 Å². The van der Waals surface area contributed by atoms with Crippen LogP contribution in [0.3, 0.4) is 0 Å². The van der Waals surface area contributed by atoms with Gasteiger partial charge in [-0.2, -0.15) is 0 Å². The van der Waals surface area contributed by atoms with E-state index in [4.69, 9.17) is 4.74 Å². The third-order valence-electron chi connectivity index (χ3n) is 2.53. The average molecular weight is 276 g/mol. The summed E-state index contributed by atoms with van der Waals surface area (Å²) in [5.74, 6) is -1.21. The number of methoxy groups -OCH3 is 1. The molecule has 8 heteroatoms. The van der Waals surface area contributed by atoms with Crippen molar-refractivity contribution in [1.29, 1.82) is 0 Å². The molecule has 0 aliphatic carbocycles. The summed E-state index contributed by atoms with van der Waals surface area (Å²) in [5.41, 5.74) is 1.02. The molecule has 0 spiro atoms. The zero-order chi connectivity index (χ0) is 14.5. The number of hydrogen-bond acceptors (Lipinski definition) is 7. The van der Waals surface area contributed by atoms with Crippen LogP contribution in [0.15, 0.2) is 30.6 Å². The number of ether oxygens (including phenoxy) is 2. The highest BCUT2D eigenvalue weighted by Gasteiger charge is 2.19. The first-order valence-corrected chi connectivity index (χ1v) is 5.74. The Morgan fingerprint density at radius 1 is 1.25 bits per heavy atom. The first-order chi connectivity index (χ1) is 9.61. The first-order valence-electron chi connectivity index (χ1n) is 5.74. The van der Waals surface area contributed by atoms with Crippen LogP contribution in [0, 0.1) is 0 Å². The molecule has 0 saturated carbocycles. The SMILES string of the molecule is COC(=O)[C@H](C)OC(=O)c1ccc(-n2cnnn2)cc1. The maximum Gasteiger partial charge on any atom is 0.346 e. The highest BCUT2D eigenvalue weighted by molar-refractivity contribution is 5.91. The van der Waals surface area contributed by atoms with Crippen molar-refractivity contribution in [3.8, 4) is 5.69 Å². The van der Waals surface area contributed by atoms with E-state index in [1.165, 1.54) is 25.0 Å². The smallest absolute Gasteiger partial charge is 0.346 e. The van der Waals surface area contributed by atoms with E-state index >= 15 is 0 Å². The van der Waals surface area contributed by atoms with Gasteiger partial charge < -0.3 is 9.47 Å². The van der Waals surface area contributed by atoms with Crippen LogP contribution >= 0.6 is 0 Å². The van der Waals surface area contributed by atoms with E-state index in [2.05, 4.69) is 20.3 Å². The third kappa shape index (κ3) is 2.97. The second-order valence-electron chi connectivity index (χ2n) is 3.87. The molecule has 1 atom stereocenters. The van der Waals surface area contributed by atoms with Crippen LogP contribution in [0.5, 0.6) is 0 Å². The number of rotatable bonds is 4. The zero-order valence-electron chi connectivity index (χ0n) is 10.9. The van der Waals surface area contributed by atoms with Crippen LogP contribution in [0.25, 0.3) is 5.69 Å². The third-order valence-corrected chi connectivity index (χ3v) is 2.53. The molecule has 1 aromatic heterocycles. The molecular formula is C12H12N4O4. The Balaban J connectivity index is 2.06. The fraction of sp³-hybridized carbons (Fsp3) is 0.250. The van der Waals surface area contributed by atoms with E-state index in [1.807, 2.05) is 0 Å². The Morgan fingerprint density at radius 2 is 1.95 bits per heavy atom. The van der Waals surface area contributed by atoms with Gasteiger partial charge in [-0.15, -0.1) is 5.10 Å². The molecule has 0 N–H and O–H groups in total. The predicted octanol–water partition coefficient (Wildman–Crippen LogP) is 0.381. The molecular weight excluding hydrogens is 264 g/mol. The van der Waals surface area contributed by atoms with Crippen LogP contribution < -0.4 is 0 Å². The van der Waals surface area contributed by atoms with Gasteiger partial charge in [-0.05, 0) is 41.6 Å². The minimum atomic E-state index is -0.952. The van der Waals surface area contributed by atoms with Gasteiger partial charge in [0.1, 0.15) is 6.33 Å². The summed E-state index contributed by atoms with van der Waals surface area (Å²) < 4.78 is 10.9. The predicted molar refractivity (Wildman–Crippen MR) is 66.0 cm³/mol. The Bertz CT molecular complexity index is 594. The molecule has 20 heavy (non-hydrogen) atoms. The monoisotopic (exact) mass is 276 g/mol. The van der Waals surface area contributed by atoms with E-state index in [0.29, 0.717) is 11.3 Å². The van der Waals surface area contributed by atoms with E-state index in [9.17, 15) is 9.59 Å². The zero-order valence-corrected chi connectivity index (χ0v) is 10.9. The molecule has 1 heterocycles. The lowest BCUT2D eigenvalue weighted by molar-refractivity contribution is -0.149. The van der Waals surface area contributed by atoms with Gasteiger partial charge in [-0.3, -0.25) is 0 Å². The van der Waals surface area contributed by atoms with Crippen molar-refractivity contribution in [1.82, 2.24) is 20.2 Å². The summed E-state index contributed by atoms with van der Waals surface area (Å²) in [6.45, 7) is 1.44. The van der Waals surface area contributed by atoms with E-state index in [0.717, 1.165) is 0 Å². The second-order valence-corrected chi connectivity index (χ2v) is 3.87. The topological polar surface area (TPSA) is 96.2 Å². The van der Waals surface area contributed by atoms with Crippen molar-refractivity contribution in [2.75, 3.05) is 7.11 Å². The van der Waals surface area contributed by atoms with Crippen LogP contribution in [-0.2, 0) is 14.3 Å². The highest BCUT2D eigenvalue weighted by atomic mass is 16.6. The first kappa shape index (κ1) is 13.7. The molecule has 0 saturated heterocycles. The highest BCUT2D eigenvalue weighted by Crippen LogP contribution is 2.10. The fourth-order valence-corrected chi connectivity index (χ4v) is 1.47. The number of tetrazole rings is 1.